The zero-order valence-electron chi connectivity index (χ0n) is 12.2. The van der Waals surface area contributed by atoms with E-state index in [1.54, 1.807) is 12.4 Å². The molecule has 20 heavy (non-hydrogen) atoms. The Balaban J connectivity index is 2.07. The number of esters is 1. The monoisotopic (exact) mass is 276 g/mol. The number of carbonyl (C=O) groups is 1. The molecule has 1 aromatic heterocycles. The topological polar surface area (TPSA) is 51.2 Å². The minimum atomic E-state index is -0.397. The van der Waals surface area contributed by atoms with Crippen LogP contribution < -0.4 is 5.32 Å². The zero-order chi connectivity index (χ0) is 14.2. The lowest BCUT2D eigenvalue weighted by atomic mass is 10.0. The van der Waals surface area contributed by atoms with Crippen LogP contribution in [0, 0.1) is 0 Å². The average Bonchev–Trinajstić information content (AvgIpc) is 2.74. The number of ether oxygens (including phenoxy) is 1. The maximum Gasteiger partial charge on any atom is 0.327 e. The maximum atomic E-state index is 12.2. The number of nitrogens with one attached hydrogen (secondary N) is 1. The number of rotatable bonds is 5. The molecule has 0 spiro atoms. The van der Waals surface area contributed by atoms with Gasteiger partial charge in [0, 0.05) is 18.4 Å². The Kier molecular flexibility index (Phi) is 5.99. The number of hydrogen-bond donors (Lipinski definition) is 1. The van der Waals surface area contributed by atoms with Crippen molar-refractivity contribution >= 4 is 5.97 Å². The van der Waals surface area contributed by atoms with Crippen LogP contribution in [0.25, 0.3) is 0 Å². The van der Waals surface area contributed by atoms with Crippen LogP contribution in [0.3, 0.4) is 0 Å². The molecule has 1 unspecified atom stereocenters. The molecule has 0 aromatic carbocycles. The first-order valence-corrected chi connectivity index (χ1v) is 7.64. The molecule has 0 aliphatic heterocycles. The van der Waals surface area contributed by atoms with Crippen LogP contribution in [0.1, 0.15) is 57.1 Å². The first-order chi connectivity index (χ1) is 9.81. The molecule has 2 rings (SSSR count). The second-order valence-corrected chi connectivity index (χ2v) is 5.33. The summed E-state index contributed by atoms with van der Waals surface area (Å²) in [5, 5.41) is 3.48. The summed E-state index contributed by atoms with van der Waals surface area (Å²) in [6.45, 7) is 2.24. The van der Waals surface area contributed by atoms with Gasteiger partial charge < -0.3 is 4.74 Å². The Morgan fingerprint density at radius 3 is 2.75 bits per heavy atom. The molecule has 0 radical (unpaired) electrons. The fraction of sp³-hybridized carbons (Fsp3) is 0.625. The second-order valence-electron chi connectivity index (χ2n) is 5.33. The van der Waals surface area contributed by atoms with Crippen molar-refractivity contribution in [3.05, 3.63) is 30.1 Å². The van der Waals surface area contributed by atoms with Gasteiger partial charge in [-0.1, -0.05) is 31.7 Å². The van der Waals surface area contributed by atoms with E-state index in [1.165, 1.54) is 25.7 Å². The Bertz CT molecular complexity index is 400. The molecule has 0 saturated heterocycles. The highest BCUT2D eigenvalue weighted by molar-refractivity contribution is 5.77. The van der Waals surface area contributed by atoms with Gasteiger partial charge in [0.2, 0.25) is 0 Å². The quantitative estimate of drug-likeness (QED) is 0.663. The van der Waals surface area contributed by atoms with Crippen LogP contribution >= 0.6 is 0 Å². The molecule has 4 heteroatoms. The first kappa shape index (κ1) is 15.0. The van der Waals surface area contributed by atoms with Crippen LogP contribution in [0.2, 0.25) is 0 Å². The number of hydrogen-bond acceptors (Lipinski definition) is 4. The van der Waals surface area contributed by atoms with Crippen LogP contribution in [0.4, 0.5) is 0 Å². The van der Waals surface area contributed by atoms with E-state index in [-0.39, 0.29) is 5.97 Å². The first-order valence-electron chi connectivity index (χ1n) is 7.64. The Morgan fingerprint density at radius 2 is 2.15 bits per heavy atom. The largest absolute Gasteiger partial charge is 0.465 e. The molecular formula is C16H24N2O2. The predicted octanol–water partition coefficient (Wildman–Crippen LogP) is 3.00. The lowest BCUT2D eigenvalue weighted by molar-refractivity contribution is -0.146. The zero-order valence-corrected chi connectivity index (χ0v) is 12.2. The summed E-state index contributed by atoms with van der Waals surface area (Å²) in [7, 11) is 0. The minimum absolute atomic E-state index is 0.204. The van der Waals surface area contributed by atoms with Gasteiger partial charge in [0.15, 0.2) is 0 Å². The average molecular weight is 276 g/mol. The standard InChI is InChI=1S/C16H24N2O2/c1-2-20-16(19)15(13-8-7-11-17-12-13)18-14-9-5-3-4-6-10-14/h7-8,11-12,14-15,18H,2-6,9-10H2,1H3. The van der Waals surface area contributed by atoms with E-state index in [4.69, 9.17) is 4.74 Å². The molecule has 0 amide bonds. The van der Waals surface area contributed by atoms with Crippen LogP contribution in [-0.4, -0.2) is 23.6 Å². The van der Waals surface area contributed by atoms with E-state index >= 15 is 0 Å². The highest BCUT2D eigenvalue weighted by atomic mass is 16.5. The van der Waals surface area contributed by atoms with Gasteiger partial charge in [-0.25, -0.2) is 4.79 Å². The SMILES string of the molecule is CCOC(=O)C(NC1CCCCCC1)c1cccnc1. The van der Waals surface area contributed by atoms with E-state index in [0.29, 0.717) is 12.6 Å². The molecule has 1 saturated carbocycles. The molecule has 1 fully saturated rings. The fourth-order valence-electron chi connectivity index (χ4n) is 2.75. The summed E-state index contributed by atoms with van der Waals surface area (Å²) < 4.78 is 5.20. The van der Waals surface area contributed by atoms with Crippen molar-refractivity contribution in [3.63, 3.8) is 0 Å². The van der Waals surface area contributed by atoms with Crippen molar-refractivity contribution in [2.24, 2.45) is 0 Å². The molecule has 1 heterocycles. The number of carbonyl (C=O) groups excluding carboxylic acids is 1. The summed E-state index contributed by atoms with van der Waals surface area (Å²) in [6.07, 6.45) is 10.8. The third kappa shape index (κ3) is 4.30. The second kappa shape index (κ2) is 8.00. The Morgan fingerprint density at radius 1 is 1.40 bits per heavy atom. The lowest BCUT2D eigenvalue weighted by Gasteiger charge is -2.23. The van der Waals surface area contributed by atoms with E-state index in [1.807, 2.05) is 19.1 Å². The predicted molar refractivity (Wildman–Crippen MR) is 78.2 cm³/mol. The highest BCUT2D eigenvalue weighted by Crippen LogP contribution is 2.21. The molecule has 1 aliphatic rings. The Labute approximate surface area is 120 Å². The van der Waals surface area contributed by atoms with E-state index in [9.17, 15) is 4.79 Å². The highest BCUT2D eigenvalue weighted by Gasteiger charge is 2.25. The third-order valence-corrected chi connectivity index (χ3v) is 3.80. The number of aromatic nitrogens is 1. The number of pyridine rings is 1. The maximum absolute atomic E-state index is 12.2. The Hall–Kier alpha value is -1.42. The molecule has 0 bridgehead atoms. The smallest absolute Gasteiger partial charge is 0.327 e. The normalized spacial score (nSPS) is 18.2. The fourth-order valence-corrected chi connectivity index (χ4v) is 2.75. The minimum Gasteiger partial charge on any atom is -0.465 e. The summed E-state index contributed by atoms with van der Waals surface area (Å²) in [5.41, 5.74) is 0.884. The van der Waals surface area contributed by atoms with Gasteiger partial charge in [0.25, 0.3) is 0 Å². The molecule has 1 aromatic rings. The molecule has 1 atom stereocenters. The van der Waals surface area contributed by atoms with Crippen molar-refractivity contribution in [3.8, 4) is 0 Å². The molecular weight excluding hydrogens is 252 g/mol. The van der Waals surface area contributed by atoms with Crippen molar-refractivity contribution in [1.82, 2.24) is 10.3 Å². The van der Waals surface area contributed by atoms with Crippen molar-refractivity contribution in [1.29, 1.82) is 0 Å². The van der Waals surface area contributed by atoms with Gasteiger partial charge in [-0.2, -0.15) is 0 Å². The molecule has 1 aliphatic carbocycles. The van der Waals surface area contributed by atoms with Gasteiger partial charge in [-0.05, 0) is 31.4 Å². The van der Waals surface area contributed by atoms with Crippen LogP contribution in [0.5, 0.6) is 0 Å². The van der Waals surface area contributed by atoms with Gasteiger partial charge in [0.1, 0.15) is 6.04 Å². The van der Waals surface area contributed by atoms with Crippen LogP contribution in [0.15, 0.2) is 24.5 Å². The summed E-state index contributed by atoms with van der Waals surface area (Å²) >= 11 is 0. The number of nitrogens with zero attached hydrogens (tertiary/aromatic N) is 1. The van der Waals surface area contributed by atoms with Gasteiger partial charge in [0.05, 0.1) is 6.61 Å². The van der Waals surface area contributed by atoms with Gasteiger partial charge >= 0.3 is 5.97 Å². The summed E-state index contributed by atoms with van der Waals surface area (Å²) in [6, 6.07) is 3.79. The molecule has 1 N–H and O–H groups in total. The molecule has 110 valence electrons. The van der Waals surface area contributed by atoms with E-state index in [2.05, 4.69) is 10.3 Å². The van der Waals surface area contributed by atoms with Gasteiger partial charge in [-0.3, -0.25) is 10.3 Å². The van der Waals surface area contributed by atoms with E-state index < -0.39 is 6.04 Å². The van der Waals surface area contributed by atoms with E-state index in [0.717, 1.165) is 18.4 Å². The van der Waals surface area contributed by atoms with Gasteiger partial charge in [-0.15, -0.1) is 0 Å². The summed E-state index contributed by atoms with van der Waals surface area (Å²) in [5.74, 6) is -0.204. The van der Waals surface area contributed by atoms with Crippen molar-refractivity contribution < 1.29 is 9.53 Å². The molecule has 4 nitrogen and oxygen atoms in total. The van der Waals surface area contributed by atoms with Crippen molar-refractivity contribution in [2.75, 3.05) is 6.61 Å². The summed E-state index contributed by atoms with van der Waals surface area (Å²) in [4.78, 5) is 16.3. The third-order valence-electron chi connectivity index (χ3n) is 3.80. The van der Waals surface area contributed by atoms with Crippen molar-refractivity contribution in [2.45, 2.75) is 57.5 Å². The lowest BCUT2D eigenvalue weighted by Crippen LogP contribution is -2.37. The van der Waals surface area contributed by atoms with Crippen LogP contribution in [-0.2, 0) is 9.53 Å².